The van der Waals surface area contributed by atoms with E-state index in [1.165, 1.54) is 19.2 Å². The molecule has 2 N–H and O–H groups in total. The highest BCUT2D eigenvalue weighted by molar-refractivity contribution is 6.33. The smallest absolute Gasteiger partial charge is 0.337 e. The van der Waals surface area contributed by atoms with Crippen molar-refractivity contribution in [2.24, 2.45) is 0 Å². The van der Waals surface area contributed by atoms with Crippen LogP contribution in [0.1, 0.15) is 20.7 Å². The second-order valence-electron chi connectivity index (χ2n) is 4.78. The van der Waals surface area contributed by atoms with E-state index in [4.69, 9.17) is 11.6 Å². The molecule has 0 aliphatic carbocycles. The van der Waals surface area contributed by atoms with Gasteiger partial charge in [0.1, 0.15) is 0 Å². The standard InChI is InChI=1S/C17H15ClN2O4/c1-24-17(23)11-6-8-12(9-7-11)20-15(21)10-19-16(22)13-4-2-3-5-14(13)18/h2-9H,10H2,1H3,(H,19,22)(H,20,21). The van der Waals surface area contributed by atoms with Gasteiger partial charge in [-0.2, -0.15) is 0 Å². The first-order valence-corrected chi connectivity index (χ1v) is 7.40. The zero-order valence-electron chi connectivity index (χ0n) is 12.8. The molecule has 24 heavy (non-hydrogen) atoms. The zero-order valence-corrected chi connectivity index (χ0v) is 13.6. The number of ether oxygens (including phenoxy) is 1. The molecule has 0 saturated carbocycles. The number of hydrogen-bond donors (Lipinski definition) is 2. The van der Waals surface area contributed by atoms with Gasteiger partial charge < -0.3 is 15.4 Å². The van der Waals surface area contributed by atoms with Crippen LogP contribution in [-0.4, -0.2) is 31.4 Å². The number of carbonyl (C=O) groups excluding carboxylic acids is 3. The fraction of sp³-hybridized carbons (Fsp3) is 0.118. The Balaban J connectivity index is 1.88. The molecule has 6 nitrogen and oxygen atoms in total. The highest BCUT2D eigenvalue weighted by Gasteiger charge is 2.11. The summed E-state index contributed by atoms with van der Waals surface area (Å²) in [6.45, 7) is -0.206. The fourth-order valence-corrected chi connectivity index (χ4v) is 2.14. The van der Waals surface area contributed by atoms with Gasteiger partial charge >= 0.3 is 5.97 Å². The molecule has 2 rings (SSSR count). The lowest BCUT2D eigenvalue weighted by molar-refractivity contribution is -0.115. The van der Waals surface area contributed by atoms with Crippen molar-refractivity contribution in [1.82, 2.24) is 5.32 Å². The van der Waals surface area contributed by atoms with E-state index < -0.39 is 17.8 Å². The topological polar surface area (TPSA) is 84.5 Å². The zero-order chi connectivity index (χ0) is 17.5. The van der Waals surface area contributed by atoms with Crippen LogP contribution < -0.4 is 10.6 Å². The molecule has 0 aliphatic rings. The highest BCUT2D eigenvalue weighted by Crippen LogP contribution is 2.14. The number of methoxy groups -OCH3 is 1. The quantitative estimate of drug-likeness (QED) is 0.815. The van der Waals surface area contributed by atoms with E-state index in [9.17, 15) is 14.4 Å². The third-order valence-corrected chi connectivity index (χ3v) is 3.45. The average molecular weight is 347 g/mol. The molecule has 0 unspecified atom stereocenters. The second-order valence-corrected chi connectivity index (χ2v) is 5.19. The Kier molecular flexibility index (Phi) is 5.92. The molecule has 2 amide bonds. The van der Waals surface area contributed by atoms with E-state index in [0.717, 1.165) is 0 Å². The third-order valence-electron chi connectivity index (χ3n) is 3.12. The fourth-order valence-electron chi connectivity index (χ4n) is 1.91. The summed E-state index contributed by atoms with van der Waals surface area (Å²) in [5.74, 6) is -1.29. The van der Waals surface area contributed by atoms with Crippen LogP contribution in [0.5, 0.6) is 0 Å². The van der Waals surface area contributed by atoms with Crippen LogP contribution in [-0.2, 0) is 9.53 Å². The van der Waals surface area contributed by atoms with E-state index in [0.29, 0.717) is 21.8 Å². The predicted octanol–water partition coefficient (Wildman–Crippen LogP) is 2.50. The van der Waals surface area contributed by atoms with E-state index in [1.807, 2.05) is 0 Å². The number of anilines is 1. The number of rotatable bonds is 5. The van der Waals surface area contributed by atoms with Crippen LogP contribution in [0, 0.1) is 0 Å². The molecule has 0 aromatic heterocycles. The summed E-state index contributed by atoms with van der Waals surface area (Å²) in [4.78, 5) is 35.1. The Morgan fingerprint density at radius 3 is 2.33 bits per heavy atom. The summed E-state index contributed by atoms with van der Waals surface area (Å²) in [6, 6.07) is 12.8. The molecule has 124 valence electrons. The largest absolute Gasteiger partial charge is 0.465 e. The van der Waals surface area contributed by atoms with Crippen molar-refractivity contribution in [1.29, 1.82) is 0 Å². The van der Waals surface area contributed by atoms with Crippen LogP contribution in [0.3, 0.4) is 0 Å². The maximum absolute atomic E-state index is 11.9. The Bertz CT molecular complexity index is 759. The number of nitrogens with one attached hydrogen (secondary N) is 2. The summed E-state index contributed by atoms with van der Waals surface area (Å²) < 4.78 is 4.59. The molecule has 0 spiro atoms. The van der Waals surface area contributed by atoms with Gasteiger partial charge in [0.15, 0.2) is 0 Å². The first kappa shape index (κ1) is 17.5. The molecule has 0 radical (unpaired) electrons. The summed E-state index contributed by atoms with van der Waals surface area (Å²) >= 11 is 5.92. The molecule has 0 saturated heterocycles. The number of amides is 2. The number of benzene rings is 2. The van der Waals surface area contributed by atoms with Crippen LogP contribution in [0.15, 0.2) is 48.5 Å². The van der Waals surface area contributed by atoms with Crippen molar-refractivity contribution < 1.29 is 19.1 Å². The van der Waals surface area contributed by atoms with Gasteiger partial charge in [0.05, 0.1) is 29.8 Å². The van der Waals surface area contributed by atoms with Crippen molar-refractivity contribution in [2.45, 2.75) is 0 Å². The van der Waals surface area contributed by atoms with E-state index in [1.54, 1.807) is 36.4 Å². The number of hydrogen-bond acceptors (Lipinski definition) is 4. The van der Waals surface area contributed by atoms with Gasteiger partial charge in [0, 0.05) is 5.69 Å². The molecule has 7 heteroatoms. The summed E-state index contributed by atoms with van der Waals surface area (Å²) in [6.07, 6.45) is 0. The van der Waals surface area contributed by atoms with E-state index >= 15 is 0 Å². The Labute approximate surface area is 143 Å². The Morgan fingerprint density at radius 2 is 1.71 bits per heavy atom. The first-order valence-electron chi connectivity index (χ1n) is 7.02. The summed E-state index contributed by atoms with van der Waals surface area (Å²) in [5, 5.41) is 5.41. The average Bonchev–Trinajstić information content (AvgIpc) is 2.60. The molecular formula is C17H15ClN2O4. The van der Waals surface area contributed by atoms with Crippen LogP contribution >= 0.6 is 11.6 Å². The lowest BCUT2D eigenvalue weighted by atomic mass is 10.2. The van der Waals surface area contributed by atoms with Crippen molar-refractivity contribution >= 4 is 35.1 Å². The van der Waals surface area contributed by atoms with Crippen LogP contribution in [0.2, 0.25) is 5.02 Å². The summed E-state index contributed by atoms with van der Waals surface area (Å²) in [5.41, 5.74) is 1.18. The lowest BCUT2D eigenvalue weighted by Gasteiger charge is -2.08. The van der Waals surface area contributed by atoms with Crippen molar-refractivity contribution in [3.8, 4) is 0 Å². The lowest BCUT2D eigenvalue weighted by Crippen LogP contribution is -2.33. The van der Waals surface area contributed by atoms with Gasteiger partial charge in [-0.25, -0.2) is 4.79 Å². The number of esters is 1. The number of carbonyl (C=O) groups is 3. The molecule has 0 atom stereocenters. The van der Waals surface area contributed by atoms with Crippen LogP contribution in [0.25, 0.3) is 0 Å². The maximum atomic E-state index is 11.9. The number of halogens is 1. The molecule has 2 aromatic carbocycles. The molecular weight excluding hydrogens is 332 g/mol. The van der Waals surface area contributed by atoms with Crippen LogP contribution in [0.4, 0.5) is 5.69 Å². The van der Waals surface area contributed by atoms with Gasteiger partial charge in [-0.15, -0.1) is 0 Å². The molecule has 0 heterocycles. The van der Waals surface area contributed by atoms with E-state index in [2.05, 4.69) is 15.4 Å². The van der Waals surface area contributed by atoms with Gasteiger partial charge in [-0.3, -0.25) is 9.59 Å². The SMILES string of the molecule is COC(=O)c1ccc(NC(=O)CNC(=O)c2ccccc2Cl)cc1. The first-order chi connectivity index (χ1) is 11.5. The molecule has 0 bridgehead atoms. The van der Waals surface area contributed by atoms with Gasteiger partial charge in [0.25, 0.3) is 5.91 Å². The Hall–Kier alpha value is -2.86. The minimum absolute atomic E-state index is 0.206. The molecule has 0 aliphatic heterocycles. The monoisotopic (exact) mass is 346 g/mol. The third kappa shape index (κ3) is 4.57. The van der Waals surface area contributed by atoms with Gasteiger partial charge in [-0.05, 0) is 36.4 Å². The van der Waals surface area contributed by atoms with Gasteiger partial charge in [0.2, 0.25) is 5.91 Å². The predicted molar refractivity (Wildman–Crippen MR) is 90.2 cm³/mol. The minimum atomic E-state index is -0.458. The highest BCUT2D eigenvalue weighted by atomic mass is 35.5. The van der Waals surface area contributed by atoms with Crippen molar-refractivity contribution in [3.05, 3.63) is 64.7 Å². The molecule has 0 fully saturated rings. The van der Waals surface area contributed by atoms with Crippen molar-refractivity contribution in [3.63, 3.8) is 0 Å². The minimum Gasteiger partial charge on any atom is -0.465 e. The molecule has 2 aromatic rings. The van der Waals surface area contributed by atoms with Crippen molar-refractivity contribution in [2.75, 3.05) is 19.0 Å². The van der Waals surface area contributed by atoms with Gasteiger partial charge in [-0.1, -0.05) is 23.7 Å². The van der Waals surface area contributed by atoms with E-state index in [-0.39, 0.29) is 6.54 Å². The second kappa shape index (κ2) is 8.12. The maximum Gasteiger partial charge on any atom is 0.337 e. The Morgan fingerprint density at radius 1 is 1.04 bits per heavy atom. The normalized spacial score (nSPS) is 9.92. The summed E-state index contributed by atoms with van der Waals surface area (Å²) in [7, 11) is 1.29.